The second-order valence-corrected chi connectivity index (χ2v) is 4.61. The molecule has 0 heterocycles. The van der Waals surface area contributed by atoms with Gasteiger partial charge in [0.2, 0.25) is 0 Å². The van der Waals surface area contributed by atoms with Crippen molar-refractivity contribution in [2.75, 3.05) is 5.75 Å². The summed E-state index contributed by atoms with van der Waals surface area (Å²) >= 11 is 11.0. The molecular formula is C8H8BrClS. The van der Waals surface area contributed by atoms with Gasteiger partial charge in [0, 0.05) is 9.37 Å². The third-order valence-electron chi connectivity index (χ3n) is 1.20. The van der Waals surface area contributed by atoms with Crippen molar-refractivity contribution in [3.8, 4) is 0 Å². The Morgan fingerprint density at radius 3 is 2.82 bits per heavy atom. The zero-order chi connectivity index (χ0) is 8.27. The lowest BCUT2D eigenvalue weighted by Gasteiger charge is -1.99. The van der Waals surface area contributed by atoms with Crippen molar-refractivity contribution in [1.82, 2.24) is 0 Å². The number of benzene rings is 1. The molecule has 0 bridgehead atoms. The number of thioether (sulfide) groups is 1. The van der Waals surface area contributed by atoms with E-state index in [4.69, 9.17) is 11.6 Å². The molecule has 0 fully saturated rings. The molecule has 0 unspecified atom stereocenters. The minimum absolute atomic E-state index is 0.781. The molecule has 0 nitrogen and oxygen atoms in total. The van der Waals surface area contributed by atoms with Crippen LogP contribution in [-0.2, 0) is 0 Å². The zero-order valence-corrected chi connectivity index (χ0v) is 9.26. The standard InChI is InChI=1S/C8H8BrClS/c1-2-11-6-3-4-7(9)8(10)5-6/h3-5H,2H2,1H3. The van der Waals surface area contributed by atoms with Crippen LogP contribution in [0.15, 0.2) is 27.6 Å². The number of halogens is 2. The van der Waals surface area contributed by atoms with Gasteiger partial charge in [0.25, 0.3) is 0 Å². The molecule has 0 aliphatic carbocycles. The molecule has 0 atom stereocenters. The highest BCUT2D eigenvalue weighted by Gasteiger charge is 1.97. The van der Waals surface area contributed by atoms with Gasteiger partial charge < -0.3 is 0 Å². The quantitative estimate of drug-likeness (QED) is 0.710. The molecule has 3 heteroatoms. The van der Waals surface area contributed by atoms with E-state index < -0.39 is 0 Å². The fourth-order valence-electron chi connectivity index (χ4n) is 0.733. The molecule has 0 aliphatic heterocycles. The molecule has 0 saturated heterocycles. The summed E-state index contributed by atoms with van der Waals surface area (Å²) < 4.78 is 0.958. The van der Waals surface area contributed by atoms with Crippen molar-refractivity contribution < 1.29 is 0 Å². The SMILES string of the molecule is CCSc1ccc(Br)c(Cl)c1. The maximum absolute atomic E-state index is 5.89. The first-order valence-corrected chi connectivity index (χ1v) is 5.47. The van der Waals surface area contributed by atoms with E-state index in [0.717, 1.165) is 15.2 Å². The lowest BCUT2D eigenvalue weighted by molar-refractivity contribution is 1.41. The van der Waals surface area contributed by atoms with E-state index in [1.165, 1.54) is 4.90 Å². The highest BCUT2D eigenvalue weighted by molar-refractivity contribution is 9.10. The van der Waals surface area contributed by atoms with Crippen LogP contribution in [0.3, 0.4) is 0 Å². The van der Waals surface area contributed by atoms with E-state index in [0.29, 0.717) is 0 Å². The van der Waals surface area contributed by atoms with Crippen LogP contribution in [0.2, 0.25) is 5.02 Å². The van der Waals surface area contributed by atoms with Crippen molar-refractivity contribution >= 4 is 39.3 Å². The fraction of sp³-hybridized carbons (Fsp3) is 0.250. The summed E-state index contributed by atoms with van der Waals surface area (Å²) in [5, 5.41) is 0.781. The van der Waals surface area contributed by atoms with E-state index in [9.17, 15) is 0 Å². The summed E-state index contributed by atoms with van der Waals surface area (Å²) in [6, 6.07) is 6.00. The lowest BCUT2D eigenvalue weighted by atomic mass is 10.4. The van der Waals surface area contributed by atoms with E-state index in [2.05, 4.69) is 28.9 Å². The largest absolute Gasteiger partial charge is 0.126 e. The Balaban J connectivity index is 2.86. The van der Waals surface area contributed by atoms with Gasteiger partial charge in [-0.05, 0) is 39.9 Å². The zero-order valence-electron chi connectivity index (χ0n) is 6.10. The van der Waals surface area contributed by atoms with Gasteiger partial charge in [-0.3, -0.25) is 0 Å². The molecule has 0 spiro atoms. The Morgan fingerprint density at radius 2 is 2.27 bits per heavy atom. The third kappa shape index (κ3) is 2.69. The van der Waals surface area contributed by atoms with Gasteiger partial charge in [-0.2, -0.15) is 0 Å². The number of rotatable bonds is 2. The summed E-state index contributed by atoms with van der Waals surface area (Å²) in [5.41, 5.74) is 0. The van der Waals surface area contributed by atoms with Crippen molar-refractivity contribution in [2.24, 2.45) is 0 Å². The van der Waals surface area contributed by atoms with Crippen LogP contribution in [-0.4, -0.2) is 5.75 Å². The van der Waals surface area contributed by atoms with E-state index in [-0.39, 0.29) is 0 Å². The average molecular weight is 252 g/mol. The Bertz CT molecular complexity index is 250. The second-order valence-electron chi connectivity index (χ2n) is 2.01. The molecule has 0 amide bonds. The van der Waals surface area contributed by atoms with Gasteiger partial charge in [0.05, 0.1) is 5.02 Å². The smallest absolute Gasteiger partial charge is 0.0559 e. The summed E-state index contributed by atoms with van der Waals surface area (Å²) in [4.78, 5) is 1.22. The molecule has 0 N–H and O–H groups in total. The predicted molar refractivity (Wildman–Crippen MR) is 55.6 cm³/mol. The molecule has 0 aromatic heterocycles. The van der Waals surface area contributed by atoms with Crippen LogP contribution in [0.1, 0.15) is 6.92 Å². The van der Waals surface area contributed by atoms with Gasteiger partial charge >= 0.3 is 0 Å². The first-order chi connectivity index (χ1) is 5.24. The van der Waals surface area contributed by atoms with Gasteiger partial charge in [-0.1, -0.05) is 18.5 Å². The Morgan fingerprint density at radius 1 is 1.55 bits per heavy atom. The minimum Gasteiger partial charge on any atom is -0.126 e. The summed E-state index contributed by atoms with van der Waals surface area (Å²) in [5.74, 6) is 1.08. The van der Waals surface area contributed by atoms with Crippen LogP contribution in [0, 0.1) is 0 Å². The topological polar surface area (TPSA) is 0 Å². The number of hydrogen-bond donors (Lipinski definition) is 0. The summed E-state index contributed by atoms with van der Waals surface area (Å²) in [6.45, 7) is 2.13. The summed E-state index contributed by atoms with van der Waals surface area (Å²) in [6.07, 6.45) is 0. The summed E-state index contributed by atoms with van der Waals surface area (Å²) in [7, 11) is 0. The van der Waals surface area contributed by atoms with E-state index in [1.807, 2.05) is 12.1 Å². The Hall–Kier alpha value is 0.340. The average Bonchev–Trinajstić information content (AvgIpc) is 1.98. The van der Waals surface area contributed by atoms with Crippen molar-refractivity contribution in [3.63, 3.8) is 0 Å². The predicted octanol–water partition coefficient (Wildman–Crippen LogP) is 4.21. The molecule has 1 rings (SSSR count). The second kappa shape index (κ2) is 4.39. The van der Waals surface area contributed by atoms with E-state index >= 15 is 0 Å². The van der Waals surface area contributed by atoms with Crippen LogP contribution >= 0.6 is 39.3 Å². The molecule has 0 saturated carbocycles. The molecule has 0 radical (unpaired) electrons. The van der Waals surface area contributed by atoms with Gasteiger partial charge in [-0.15, -0.1) is 11.8 Å². The Labute approximate surface area is 84.5 Å². The maximum atomic E-state index is 5.89. The first kappa shape index (κ1) is 9.43. The van der Waals surface area contributed by atoms with Gasteiger partial charge in [0.15, 0.2) is 0 Å². The molecule has 1 aromatic rings. The van der Waals surface area contributed by atoms with Gasteiger partial charge in [0.1, 0.15) is 0 Å². The van der Waals surface area contributed by atoms with E-state index in [1.54, 1.807) is 11.8 Å². The molecule has 11 heavy (non-hydrogen) atoms. The number of hydrogen-bond acceptors (Lipinski definition) is 1. The third-order valence-corrected chi connectivity index (χ3v) is 3.31. The van der Waals surface area contributed by atoms with Crippen molar-refractivity contribution in [1.29, 1.82) is 0 Å². The van der Waals surface area contributed by atoms with Crippen LogP contribution in [0.5, 0.6) is 0 Å². The normalized spacial score (nSPS) is 10.1. The van der Waals surface area contributed by atoms with Crippen LogP contribution in [0.25, 0.3) is 0 Å². The first-order valence-electron chi connectivity index (χ1n) is 3.32. The lowest BCUT2D eigenvalue weighted by Crippen LogP contribution is -1.73. The molecule has 1 aromatic carbocycles. The maximum Gasteiger partial charge on any atom is 0.0559 e. The van der Waals surface area contributed by atoms with Crippen LogP contribution < -0.4 is 0 Å². The Kier molecular flexibility index (Phi) is 3.76. The van der Waals surface area contributed by atoms with Crippen molar-refractivity contribution in [3.05, 3.63) is 27.7 Å². The molecular weight excluding hydrogens is 244 g/mol. The van der Waals surface area contributed by atoms with Crippen LogP contribution in [0.4, 0.5) is 0 Å². The highest BCUT2D eigenvalue weighted by atomic mass is 79.9. The minimum atomic E-state index is 0.781. The monoisotopic (exact) mass is 250 g/mol. The fourth-order valence-corrected chi connectivity index (χ4v) is 1.92. The van der Waals surface area contributed by atoms with Crippen molar-refractivity contribution in [2.45, 2.75) is 11.8 Å². The highest BCUT2D eigenvalue weighted by Crippen LogP contribution is 2.27. The van der Waals surface area contributed by atoms with Gasteiger partial charge in [-0.25, -0.2) is 0 Å². The molecule has 0 aliphatic rings. The molecule has 60 valence electrons.